The van der Waals surface area contributed by atoms with Gasteiger partial charge >= 0.3 is 5.97 Å². The minimum Gasteiger partial charge on any atom is -0.454 e. The topological polar surface area (TPSA) is 110 Å². The molecule has 1 saturated heterocycles. The van der Waals surface area contributed by atoms with Gasteiger partial charge in [0.25, 0.3) is 5.91 Å². The number of ketones is 1. The predicted molar refractivity (Wildman–Crippen MR) is 114 cm³/mol. The summed E-state index contributed by atoms with van der Waals surface area (Å²) in [5.41, 5.74) is 0.833. The van der Waals surface area contributed by atoms with Crippen molar-refractivity contribution in [2.24, 2.45) is 11.8 Å². The van der Waals surface area contributed by atoms with E-state index in [4.69, 9.17) is 4.74 Å². The Morgan fingerprint density at radius 2 is 1.70 bits per heavy atom. The Hall–Kier alpha value is -2.07. The smallest absolute Gasteiger partial charge is 0.326 e. The van der Waals surface area contributed by atoms with E-state index in [1.165, 1.54) is 13.0 Å². The number of ether oxygens (including phenoxy) is 1. The largest absolute Gasteiger partial charge is 0.454 e. The van der Waals surface area contributed by atoms with Gasteiger partial charge in [-0.05, 0) is 31.9 Å². The number of alkyl halides is 2. The van der Waals surface area contributed by atoms with Gasteiger partial charge in [0.05, 0.1) is 11.8 Å². The second kappa shape index (κ2) is 9.38. The van der Waals surface area contributed by atoms with Crippen molar-refractivity contribution < 1.29 is 28.7 Å². The number of nitrogens with zero attached hydrogens (tertiary/aromatic N) is 1. The highest BCUT2D eigenvalue weighted by Gasteiger charge is 2.52. The first kappa shape index (κ1) is 22.6. The molecule has 1 aromatic carbocycles. The number of halogens is 2. The van der Waals surface area contributed by atoms with Crippen molar-refractivity contribution in [1.82, 2.24) is 4.90 Å². The number of hydrogen-bond donors (Lipinski definition) is 1. The Morgan fingerprint density at radius 1 is 1.10 bits per heavy atom. The number of hydrogen-bond acceptors (Lipinski definition) is 6. The normalized spacial score (nSPS) is 25.6. The number of amides is 3. The van der Waals surface area contributed by atoms with Crippen LogP contribution in [0.15, 0.2) is 24.3 Å². The maximum atomic E-state index is 12.6. The predicted octanol–water partition coefficient (Wildman–Crippen LogP) is 2.29. The van der Waals surface area contributed by atoms with Crippen LogP contribution in [0.1, 0.15) is 30.1 Å². The van der Waals surface area contributed by atoms with E-state index in [1.807, 2.05) is 0 Å². The van der Waals surface area contributed by atoms with Gasteiger partial charge in [-0.1, -0.05) is 44.0 Å². The third-order valence-corrected chi connectivity index (χ3v) is 7.94. The quantitative estimate of drug-likeness (QED) is 0.255. The van der Waals surface area contributed by atoms with E-state index in [2.05, 4.69) is 37.2 Å². The molecule has 8 nitrogen and oxygen atoms in total. The van der Waals surface area contributed by atoms with Crippen LogP contribution >= 0.6 is 31.9 Å². The Morgan fingerprint density at radius 3 is 2.27 bits per heavy atom. The molecule has 0 aromatic heterocycles. The first-order valence-corrected chi connectivity index (χ1v) is 11.2. The van der Waals surface area contributed by atoms with Crippen molar-refractivity contribution in [3.05, 3.63) is 29.8 Å². The number of rotatable bonds is 6. The fraction of sp³-hybridized carbons (Fsp3) is 0.450. The Labute approximate surface area is 189 Å². The van der Waals surface area contributed by atoms with Crippen molar-refractivity contribution in [1.29, 1.82) is 0 Å². The van der Waals surface area contributed by atoms with E-state index in [1.54, 1.807) is 18.2 Å². The number of carbonyl (C=O) groups excluding carboxylic acids is 5. The Balaban J connectivity index is 1.51. The summed E-state index contributed by atoms with van der Waals surface area (Å²) >= 11 is 7.01. The molecular weight excluding hydrogens is 524 g/mol. The summed E-state index contributed by atoms with van der Waals surface area (Å²) in [6.45, 7) is 0.326. The van der Waals surface area contributed by atoms with Crippen molar-refractivity contribution in [3.63, 3.8) is 0 Å². The van der Waals surface area contributed by atoms with Gasteiger partial charge in [-0.3, -0.25) is 28.9 Å². The maximum absolute atomic E-state index is 12.6. The van der Waals surface area contributed by atoms with Crippen LogP contribution in [0, 0.1) is 11.8 Å². The molecule has 2 fully saturated rings. The summed E-state index contributed by atoms with van der Waals surface area (Å²) in [4.78, 5) is 61.7. The zero-order chi connectivity index (χ0) is 22.0. The summed E-state index contributed by atoms with van der Waals surface area (Å²) in [7, 11) is 0. The highest BCUT2D eigenvalue weighted by atomic mass is 79.9. The number of anilines is 1. The van der Waals surface area contributed by atoms with Gasteiger partial charge in [0, 0.05) is 20.9 Å². The van der Waals surface area contributed by atoms with E-state index in [0.717, 1.165) is 4.90 Å². The van der Waals surface area contributed by atoms with Gasteiger partial charge in [-0.2, -0.15) is 0 Å². The van der Waals surface area contributed by atoms with Gasteiger partial charge in [-0.15, -0.1) is 0 Å². The highest BCUT2D eigenvalue weighted by Crippen LogP contribution is 2.43. The summed E-state index contributed by atoms with van der Waals surface area (Å²) in [5, 5.41) is 2.53. The van der Waals surface area contributed by atoms with Crippen molar-refractivity contribution in [2.75, 3.05) is 18.5 Å². The lowest BCUT2D eigenvalue weighted by molar-refractivity contribution is -0.154. The van der Waals surface area contributed by atoms with Crippen LogP contribution in [0.2, 0.25) is 0 Å². The molecule has 3 amide bonds. The van der Waals surface area contributed by atoms with Crippen LogP contribution in [0.5, 0.6) is 0 Å². The molecule has 10 heteroatoms. The average molecular weight is 544 g/mol. The minimum atomic E-state index is -0.839. The Bertz CT molecular complexity index is 877. The zero-order valence-electron chi connectivity index (χ0n) is 16.1. The number of benzene rings is 1. The standard InChI is InChI=1S/C20H20Br2N2O6/c1-10(25)11-3-2-4-12(5-11)23-17(26)9-30-18(27)8-24-19(28)13-6-15(21)16(22)7-14(13)20(24)29/h2-5,13-16H,6-9H2,1H3,(H,23,26)/t13-,14-,15+,16+/m1/s1. The van der Waals surface area contributed by atoms with Crippen LogP contribution < -0.4 is 5.32 Å². The van der Waals surface area contributed by atoms with E-state index in [9.17, 15) is 24.0 Å². The van der Waals surface area contributed by atoms with Crippen LogP contribution in [0.25, 0.3) is 0 Å². The lowest BCUT2D eigenvalue weighted by Crippen LogP contribution is -2.37. The molecule has 1 saturated carbocycles. The number of imide groups is 1. The van der Waals surface area contributed by atoms with Crippen molar-refractivity contribution in [2.45, 2.75) is 29.4 Å². The molecule has 1 aliphatic carbocycles. The van der Waals surface area contributed by atoms with Gasteiger partial charge in [0.2, 0.25) is 11.8 Å². The number of carbonyl (C=O) groups is 5. The van der Waals surface area contributed by atoms with E-state index in [-0.39, 0.29) is 27.3 Å². The molecule has 0 spiro atoms. The van der Waals surface area contributed by atoms with Gasteiger partial charge in [-0.25, -0.2) is 0 Å². The van der Waals surface area contributed by atoms with Crippen molar-refractivity contribution >= 4 is 67.0 Å². The molecule has 2 aliphatic rings. The molecular formula is C20H20Br2N2O6. The minimum absolute atomic E-state index is 0.0765. The average Bonchev–Trinajstić information content (AvgIpc) is 2.91. The van der Waals surface area contributed by atoms with Crippen LogP contribution in [0.3, 0.4) is 0 Å². The second-order valence-electron chi connectivity index (χ2n) is 7.32. The van der Waals surface area contributed by atoms with Crippen LogP contribution in [-0.2, 0) is 23.9 Å². The van der Waals surface area contributed by atoms with E-state index >= 15 is 0 Å². The molecule has 1 heterocycles. The molecule has 0 bridgehead atoms. The lowest BCUT2D eigenvalue weighted by atomic mass is 9.81. The molecule has 1 N–H and O–H groups in total. The summed E-state index contributed by atoms with van der Waals surface area (Å²) in [6.07, 6.45) is 1.02. The number of nitrogens with one attached hydrogen (secondary N) is 1. The van der Waals surface area contributed by atoms with Gasteiger partial charge in [0.1, 0.15) is 6.54 Å². The molecule has 160 valence electrons. The Kier molecular flexibility index (Phi) is 7.07. The fourth-order valence-corrected chi connectivity index (χ4v) is 4.89. The summed E-state index contributed by atoms with van der Waals surface area (Å²) in [5.74, 6) is -3.22. The van der Waals surface area contributed by atoms with Gasteiger partial charge < -0.3 is 10.1 Å². The fourth-order valence-electron chi connectivity index (χ4n) is 3.65. The molecule has 4 atom stereocenters. The van der Waals surface area contributed by atoms with Gasteiger partial charge in [0.15, 0.2) is 12.4 Å². The number of fused-ring (bicyclic) bond motifs is 1. The summed E-state index contributed by atoms with van der Waals surface area (Å²) < 4.78 is 4.93. The van der Waals surface area contributed by atoms with Crippen LogP contribution in [-0.4, -0.2) is 57.2 Å². The first-order valence-electron chi connectivity index (χ1n) is 9.37. The zero-order valence-corrected chi connectivity index (χ0v) is 19.3. The monoisotopic (exact) mass is 542 g/mol. The molecule has 1 aliphatic heterocycles. The third kappa shape index (κ3) is 4.97. The van der Waals surface area contributed by atoms with E-state index in [0.29, 0.717) is 24.1 Å². The summed E-state index contributed by atoms with van der Waals surface area (Å²) in [6, 6.07) is 6.36. The molecule has 3 rings (SSSR count). The van der Waals surface area contributed by atoms with Crippen LogP contribution in [0.4, 0.5) is 5.69 Å². The molecule has 30 heavy (non-hydrogen) atoms. The van der Waals surface area contributed by atoms with Crippen molar-refractivity contribution in [3.8, 4) is 0 Å². The molecule has 1 aromatic rings. The SMILES string of the molecule is CC(=O)c1cccc(NC(=O)COC(=O)CN2C(=O)[C@@H]3C[C@H](Br)[C@@H](Br)C[C@H]3C2=O)c1. The number of esters is 1. The first-order chi connectivity index (χ1) is 14.2. The highest BCUT2D eigenvalue weighted by molar-refractivity contribution is 9.12. The third-order valence-electron chi connectivity index (χ3n) is 5.21. The lowest BCUT2D eigenvalue weighted by Gasteiger charge is -2.29. The number of Topliss-reactive ketones (excluding diaryl/α,β-unsaturated/α-hetero) is 1. The number of likely N-dealkylation sites (tertiary alicyclic amines) is 1. The second-order valence-corrected chi connectivity index (χ2v) is 9.68. The molecule has 0 unspecified atom stereocenters. The maximum Gasteiger partial charge on any atom is 0.326 e. The molecule has 0 radical (unpaired) electrons. The van der Waals surface area contributed by atoms with E-state index < -0.39 is 36.9 Å².